The SMILES string of the molecule is Cc1c(O)c(OC2O[C@H](CO)[C@@H](O)[C@H](O)[C@H]2O)cc2c1CC[C@@H]1[C@@]2(C)C(=O)C[C@]2(C)C(C(C)(O)C(O)/C=C/C(C)(C)O)[C@H](O)C[C@@]12C. The van der Waals surface area contributed by atoms with E-state index >= 15 is 0 Å². The van der Waals surface area contributed by atoms with Gasteiger partial charge in [-0.1, -0.05) is 26.0 Å². The van der Waals surface area contributed by atoms with E-state index in [0.717, 1.165) is 5.56 Å². The van der Waals surface area contributed by atoms with Crippen molar-refractivity contribution in [1.29, 1.82) is 0 Å². The zero-order valence-electron chi connectivity index (χ0n) is 28.2. The van der Waals surface area contributed by atoms with Crippen LogP contribution < -0.4 is 4.74 Å². The Morgan fingerprint density at radius 3 is 2.30 bits per heavy atom. The molecular weight excluding hydrogens is 612 g/mol. The first-order chi connectivity index (χ1) is 21.6. The van der Waals surface area contributed by atoms with Crippen molar-refractivity contribution in [2.75, 3.05) is 6.61 Å². The first-order valence-corrected chi connectivity index (χ1v) is 16.4. The standard InChI is InChI=1S/C35H52O12/c1-16-17-8-9-22-32(4)13-19(37)29(35(7,45)23(38)10-11-31(2,3)44)33(32,5)14-24(39)34(22,6)18(17)12-20(25(16)40)46-30-28(43)27(42)26(41)21(15-36)47-30/h10-12,19,21-23,26-30,36-38,40-45H,8-9,13-15H2,1-7H3/b11-10+/t19-,21-,22+,23?,26-,27+,28-,29?,30?,32+,33-,34+,35?/m1/s1. The Bertz CT molecular complexity index is 1420. The van der Waals surface area contributed by atoms with Gasteiger partial charge in [0.15, 0.2) is 11.5 Å². The summed E-state index contributed by atoms with van der Waals surface area (Å²) in [5.74, 6) is -1.68. The first kappa shape index (κ1) is 36.2. The molecule has 13 atom stereocenters. The Kier molecular flexibility index (Phi) is 9.03. The molecule has 0 radical (unpaired) electrons. The third-order valence-electron chi connectivity index (χ3n) is 12.5. The fourth-order valence-electron chi connectivity index (χ4n) is 9.72. The van der Waals surface area contributed by atoms with Crippen LogP contribution in [0.3, 0.4) is 0 Å². The molecule has 1 saturated heterocycles. The van der Waals surface area contributed by atoms with Gasteiger partial charge in [-0.2, -0.15) is 0 Å². The number of hydrogen-bond acceptors (Lipinski definition) is 12. The van der Waals surface area contributed by atoms with Crippen LogP contribution in [0.5, 0.6) is 11.5 Å². The van der Waals surface area contributed by atoms with E-state index in [1.54, 1.807) is 13.0 Å². The van der Waals surface area contributed by atoms with E-state index in [2.05, 4.69) is 0 Å². The molecule has 1 aromatic carbocycles. The van der Waals surface area contributed by atoms with Crippen molar-refractivity contribution < 1.29 is 60.2 Å². The van der Waals surface area contributed by atoms with Crippen molar-refractivity contribution >= 4 is 5.78 Å². The molecule has 12 heteroatoms. The number of aliphatic hydroxyl groups excluding tert-OH is 6. The van der Waals surface area contributed by atoms with E-state index in [-0.39, 0.29) is 36.0 Å². The summed E-state index contributed by atoms with van der Waals surface area (Å²) in [4.78, 5) is 14.6. The molecule has 3 aliphatic carbocycles. The summed E-state index contributed by atoms with van der Waals surface area (Å²) in [5, 5.41) is 96.6. The number of rotatable bonds is 7. The first-order valence-electron chi connectivity index (χ1n) is 16.4. The minimum absolute atomic E-state index is 0.0153. The maximum atomic E-state index is 14.6. The molecule has 0 aromatic heterocycles. The van der Waals surface area contributed by atoms with Gasteiger partial charge in [-0.25, -0.2) is 0 Å². The molecule has 47 heavy (non-hydrogen) atoms. The number of hydrogen-bond donors (Lipinski definition) is 9. The van der Waals surface area contributed by atoms with Gasteiger partial charge in [0.25, 0.3) is 0 Å². The van der Waals surface area contributed by atoms with Crippen molar-refractivity contribution in [3.05, 3.63) is 34.9 Å². The molecule has 9 N–H and O–H groups in total. The normalized spacial score (nSPS) is 42.4. The van der Waals surface area contributed by atoms with E-state index in [1.807, 2.05) is 20.8 Å². The number of carbonyl (C=O) groups is 1. The zero-order valence-corrected chi connectivity index (χ0v) is 28.2. The predicted molar refractivity (Wildman–Crippen MR) is 168 cm³/mol. The minimum atomic E-state index is -1.84. The van der Waals surface area contributed by atoms with Crippen molar-refractivity contribution in [3.8, 4) is 11.5 Å². The highest BCUT2D eigenvalue weighted by molar-refractivity contribution is 5.93. The van der Waals surface area contributed by atoms with Crippen LogP contribution in [0.1, 0.15) is 77.5 Å². The van der Waals surface area contributed by atoms with Crippen molar-refractivity contribution in [3.63, 3.8) is 0 Å². The van der Waals surface area contributed by atoms with Gasteiger partial charge in [0.2, 0.25) is 6.29 Å². The molecule has 0 bridgehead atoms. The summed E-state index contributed by atoms with van der Waals surface area (Å²) in [6.07, 6.45) is -6.22. The van der Waals surface area contributed by atoms with Gasteiger partial charge in [-0.05, 0) is 93.4 Å². The average Bonchev–Trinajstić information content (AvgIpc) is 3.19. The summed E-state index contributed by atoms with van der Waals surface area (Å²) in [6, 6.07) is 1.55. The van der Waals surface area contributed by atoms with Crippen LogP contribution in [-0.2, 0) is 21.4 Å². The topological polar surface area (TPSA) is 218 Å². The Morgan fingerprint density at radius 1 is 1.06 bits per heavy atom. The molecule has 0 amide bonds. The highest BCUT2D eigenvalue weighted by Crippen LogP contribution is 2.72. The van der Waals surface area contributed by atoms with E-state index in [0.29, 0.717) is 24.0 Å². The van der Waals surface area contributed by atoms with E-state index in [4.69, 9.17) is 9.47 Å². The van der Waals surface area contributed by atoms with Gasteiger partial charge in [0, 0.05) is 12.3 Å². The van der Waals surface area contributed by atoms with Gasteiger partial charge in [-0.3, -0.25) is 4.79 Å². The second-order valence-corrected chi connectivity index (χ2v) is 15.9. The lowest BCUT2D eigenvalue weighted by molar-refractivity contribution is -0.277. The molecule has 2 saturated carbocycles. The summed E-state index contributed by atoms with van der Waals surface area (Å²) in [7, 11) is 0. The summed E-state index contributed by atoms with van der Waals surface area (Å²) in [6.45, 7) is 11.4. The molecule has 1 heterocycles. The second kappa shape index (κ2) is 11.7. The number of phenols is 1. The number of carbonyl (C=O) groups excluding carboxylic acids is 1. The highest BCUT2D eigenvalue weighted by atomic mass is 16.7. The number of fused-ring (bicyclic) bond motifs is 5. The van der Waals surface area contributed by atoms with Crippen molar-refractivity contribution in [1.82, 2.24) is 0 Å². The lowest BCUT2D eigenvalue weighted by Gasteiger charge is -2.62. The van der Waals surface area contributed by atoms with Gasteiger partial charge in [-0.15, -0.1) is 0 Å². The number of benzene rings is 1. The molecule has 1 aliphatic heterocycles. The number of phenolic OH excluding ortho intramolecular Hbond substituents is 1. The highest BCUT2D eigenvalue weighted by Gasteiger charge is 2.73. The lowest BCUT2D eigenvalue weighted by Crippen LogP contribution is -2.64. The van der Waals surface area contributed by atoms with E-state index in [9.17, 15) is 50.8 Å². The molecule has 264 valence electrons. The van der Waals surface area contributed by atoms with E-state index < -0.39 is 82.9 Å². The monoisotopic (exact) mass is 664 g/mol. The molecular formula is C35H52O12. The number of ketones is 1. The minimum Gasteiger partial charge on any atom is -0.504 e. The molecule has 5 rings (SSSR count). The lowest BCUT2D eigenvalue weighted by atomic mass is 9.41. The Morgan fingerprint density at radius 2 is 1.70 bits per heavy atom. The fourth-order valence-corrected chi connectivity index (χ4v) is 9.72. The smallest absolute Gasteiger partial charge is 0.229 e. The predicted octanol–water partition coefficient (Wildman–Crippen LogP) is 0.505. The Hall–Kier alpha value is -2.13. The third kappa shape index (κ3) is 5.35. The quantitative estimate of drug-likeness (QED) is 0.182. The van der Waals surface area contributed by atoms with Crippen molar-refractivity contribution in [2.45, 2.75) is 134 Å². The average molecular weight is 665 g/mol. The summed E-state index contributed by atoms with van der Waals surface area (Å²) in [5.41, 5.74) is -3.93. The zero-order chi connectivity index (χ0) is 35.2. The number of aliphatic hydroxyl groups is 8. The number of ether oxygens (including phenoxy) is 2. The Labute approximate surface area is 275 Å². The second-order valence-electron chi connectivity index (χ2n) is 15.9. The van der Waals surface area contributed by atoms with Crippen LogP contribution in [0.2, 0.25) is 0 Å². The van der Waals surface area contributed by atoms with Gasteiger partial charge >= 0.3 is 0 Å². The number of aromatic hydroxyl groups is 1. The van der Waals surface area contributed by atoms with E-state index in [1.165, 1.54) is 32.9 Å². The van der Waals surface area contributed by atoms with Crippen LogP contribution in [-0.4, -0.2) is 112 Å². The van der Waals surface area contributed by atoms with Crippen LogP contribution in [0.25, 0.3) is 0 Å². The van der Waals surface area contributed by atoms with Gasteiger partial charge in [0.05, 0.1) is 29.3 Å². The van der Waals surface area contributed by atoms with Crippen LogP contribution >= 0.6 is 0 Å². The third-order valence-corrected chi connectivity index (χ3v) is 12.5. The fraction of sp³-hybridized carbons (Fsp3) is 0.743. The maximum absolute atomic E-state index is 14.6. The number of Topliss-reactive ketones (excluding diaryl/α,β-unsaturated/α-hetero) is 1. The van der Waals surface area contributed by atoms with Crippen molar-refractivity contribution in [2.24, 2.45) is 22.7 Å². The van der Waals surface area contributed by atoms with Gasteiger partial charge < -0.3 is 55.4 Å². The summed E-state index contributed by atoms with van der Waals surface area (Å²) >= 11 is 0. The molecule has 0 spiro atoms. The molecule has 12 nitrogen and oxygen atoms in total. The largest absolute Gasteiger partial charge is 0.504 e. The van der Waals surface area contributed by atoms with Crippen LogP contribution in [0.4, 0.5) is 0 Å². The molecule has 4 aliphatic rings. The maximum Gasteiger partial charge on any atom is 0.229 e. The van der Waals surface area contributed by atoms with Crippen LogP contribution in [0.15, 0.2) is 18.2 Å². The van der Waals surface area contributed by atoms with Crippen LogP contribution in [0, 0.1) is 29.6 Å². The molecule has 4 unspecified atom stereocenters. The molecule has 1 aromatic rings. The molecule has 3 fully saturated rings. The summed E-state index contributed by atoms with van der Waals surface area (Å²) < 4.78 is 11.4. The Balaban J connectivity index is 1.55. The van der Waals surface area contributed by atoms with Gasteiger partial charge in [0.1, 0.15) is 36.3 Å².